The van der Waals surface area contributed by atoms with Gasteiger partial charge in [0.05, 0.1) is 5.69 Å². The van der Waals surface area contributed by atoms with Crippen LogP contribution in [-0.2, 0) is 0 Å². The molecule has 0 aromatic heterocycles. The van der Waals surface area contributed by atoms with E-state index in [0.29, 0.717) is 43.0 Å². The Morgan fingerprint density at radius 2 is 1.65 bits per heavy atom. The zero-order valence-electron chi connectivity index (χ0n) is 14.8. The van der Waals surface area contributed by atoms with Gasteiger partial charge >= 0.3 is 0 Å². The molecule has 1 heterocycles. The number of Topliss-reactive ketones (excluding diaryl/α,β-unsaturated/α-hetero) is 1. The topological polar surface area (TPSA) is 23.6 Å². The van der Waals surface area contributed by atoms with Gasteiger partial charge in [-0.25, -0.2) is 13.2 Å². The van der Waals surface area contributed by atoms with E-state index in [4.69, 9.17) is 0 Å². The van der Waals surface area contributed by atoms with Gasteiger partial charge in [-0.2, -0.15) is 0 Å². The number of hydrogen-bond acceptors (Lipinski definition) is 3. The van der Waals surface area contributed by atoms with Gasteiger partial charge in [0.15, 0.2) is 5.78 Å². The zero-order valence-corrected chi connectivity index (χ0v) is 14.8. The summed E-state index contributed by atoms with van der Waals surface area (Å²) in [6.45, 7) is 5.72. The molecule has 0 spiro atoms. The summed E-state index contributed by atoms with van der Waals surface area (Å²) in [7, 11) is 0. The Bertz CT molecular complexity index is 817. The highest BCUT2D eigenvalue weighted by atomic mass is 19.1. The van der Waals surface area contributed by atoms with Crippen LogP contribution < -0.4 is 4.90 Å². The molecule has 138 valence electrons. The maximum Gasteiger partial charge on any atom is 0.159 e. The number of nitrogens with zero attached hydrogens (tertiary/aromatic N) is 2. The Balaban J connectivity index is 1.68. The van der Waals surface area contributed by atoms with E-state index >= 15 is 0 Å². The Morgan fingerprint density at radius 3 is 2.23 bits per heavy atom. The molecule has 2 aromatic rings. The van der Waals surface area contributed by atoms with Gasteiger partial charge in [0.1, 0.15) is 17.5 Å². The van der Waals surface area contributed by atoms with Gasteiger partial charge in [-0.05, 0) is 38.1 Å². The molecule has 0 amide bonds. The number of carbonyl (C=O) groups excluding carboxylic acids is 1. The second-order valence-corrected chi connectivity index (χ2v) is 6.59. The van der Waals surface area contributed by atoms with Gasteiger partial charge in [-0.3, -0.25) is 9.69 Å². The summed E-state index contributed by atoms with van der Waals surface area (Å²) in [5.74, 6) is -1.72. The van der Waals surface area contributed by atoms with Crippen LogP contribution in [0.3, 0.4) is 0 Å². The van der Waals surface area contributed by atoms with Crippen molar-refractivity contribution in [1.29, 1.82) is 0 Å². The fourth-order valence-electron chi connectivity index (χ4n) is 3.37. The van der Waals surface area contributed by atoms with Crippen molar-refractivity contribution in [2.45, 2.75) is 19.9 Å². The molecule has 3 rings (SSSR count). The minimum atomic E-state index is -0.590. The number of rotatable bonds is 4. The zero-order chi connectivity index (χ0) is 18.8. The van der Waals surface area contributed by atoms with Crippen LogP contribution >= 0.6 is 0 Å². The van der Waals surface area contributed by atoms with Crippen molar-refractivity contribution in [1.82, 2.24) is 4.90 Å². The van der Waals surface area contributed by atoms with Gasteiger partial charge in [-0.15, -0.1) is 0 Å². The van der Waals surface area contributed by atoms with Crippen molar-refractivity contribution in [3.63, 3.8) is 0 Å². The van der Waals surface area contributed by atoms with E-state index < -0.39 is 17.5 Å². The van der Waals surface area contributed by atoms with Crippen LogP contribution in [0.15, 0.2) is 36.4 Å². The molecule has 0 saturated carbocycles. The highest BCUT2D eigenvalue weighted by Gasteiger charge is 2.25. The molecular formula is C20H21F3N2O. The molecule has 1 atom stereocenters. The fourth-order valence-corrected chi connectivity index (χ4v) is 3.37. The first-order valence-corrected chi connectivity index (χ1v) is 8.61. The Kier molecular flexibility index (Phi) is 5.32. The maximum atomic E-state index is 14.3. The minimum absolute atomic E-state index is 0.171. The first-order chi connectivity index (χ1) is 12.4. The SMILES string of the molecule is CC(=O)c1ccc(N2CCN(C(C)c3ccc(F)cc3F)CC2)c(F)c1. The largest absolute Gasteiger partial charge is 0.367 e. The summed E-state index contributed by atoms with van der Waals surface area (Å²) in [5.41, 5.74) is 1.28. The maximum absolute atomic E-state index is 14.3. The first-order valence-electron chi connectivity index (χ1n) is 8.61. The van der Waals surface area contributed by atoms with Crippen molar-refractivity contribution in [2.24, 2.45) is 0 Å². The number of ketones is 1. The summed E-state index contributed by atoms with van der Waals surface area (Å²) in [4.78, 5) is 15.4. The molecule has 6 heteroatoms. The monoisotopic (exact) mass is 362 g/mol. The molecule has 1 aliphatic rings. The van der Waals surface area contributed by atoms with Crippen LogP contribution in [0.25, 0.3) is 0 Å². The fraction of sp³-hybridized carbons (Fsp3) is 0.350. The third kappa shape index (κ3) is 3.75. The molecule has 1 unspecified atom stereocenters. The van der Waals surface area contributed by atoms with Gasteiger partial charge in [0.2, 0.25) is 0 Å². The number of halogens is 3. The standard InChI is InChI=1S/C20H21F3N2O/c1-13(17-5-4-16(21)12-18(17)22)24-7-9-25(10-8-24)20-6-3-15(14(2)26)11-19(20)23/h3-6,11-13H,7-10H2,1-2H3. The van der Waals surface area contributed by atoms with E-state index in [0.717, 1.165) is 6.07 Å². The van der Waals surface area contributed by atoms with Crippen LogP contribution in [0.4, 0.5) is 18.9 Å². The normalized spacial score (nSPS) is 16.6. The molecule has 1 fully saturated rings. The average Bonchev–Trinajstić information content (AvgIpc) is 2.61. The molecule has 0 bridgehead atoms. The Morgan fingerprint density at radius 1 is 0.962 bits per heavy atom. The molecule has 0 radical (unpaired) electrons. The number of piperazine rings is 1. The molecule has 26 heavy (non-hydrogen) atoms. The predicted molar refractivity (Wildman–Crippen MR) is 95.0 cm³/mol. The van der Waals surface area contributed by atoms with Crippen LogP contribution in [0.2, 0.25) is 0 Å². The number of carbonyl (C=O) groups is 1. The van der Waals surface area contributed by atoms with Crippen molar-refractivity contribution >= 4 is 11.5 Å². The molecular weight excluding hydrogens is 341 g/mol. The van der Waals surface area contributed by atoms with Gasteiger partial charge in [0, 0.05) is 49.4 Å². The van der Waals surface area contributed by atoms with Crippen LogP contribution in [0, 0.1) is 17.5 Å². The van der Waals surface area contributed by atoms with Crippen molar-refractivity contribution in [2.75, 3.05) is 31.1 Å². The lowest BCUT2D eigenvalue weighted by atomic mass is 10.0. The van der Waals surface area contributed by atoms with E-state index in [1.165, 1.54) is 25.1 Å². The summed E-state index contributed by atoms with van der Waals surface area (Å²) >= 11 is 0. The Hall–Kier alpha value is -2.34. The lowest BCUT2D eigenvalue weighted by molar-refractivity contribution is 0.101. The van der Waals surface area contributed by atoms with Crippen LogP contribution in [-0.4, -0.2) is 36.9 Å². The van der Waals surface area contributed by atoms with Crippen LogP contribution in [0.1, 0.15) is 35.8 Å². The third-order valence-corrected chi connectivity index (χ3v) is 4.97. The van der Waals surface area contributed by atoms with Crippen molar-refractivity contribution in [3.05, 3.63) is 65.0 Å². The lowest BCUT2D eigenvalue weighted by Crippen LogP contribution is -2.47. The predicted octanol–water partition coefficient (Wildman–Crippen LogP) is 4.19. The molecule has 1 aliphatic heterocycles. The number of hydrogen-bond donors (Lipinski definition) is 0. The smallest absolute Gasteiger partial charge is 0.159 e. The first kappa shape index (κ1) is 18.5. The highest BCUT2D eigenvalue weighted by molar-refractivity contribution is 5.94. The number of benzene rings is 2. The third-order valence-electron chi connectivity index (χ3n) is 4.97. The van der Waals surface area contributed by atoms with E-state index in [9.17, 15) is 18.0 Å². The van der Waals surface area contributed by atoms with E-state index in [1.54, 1.807) is 12.1 Å². The minimum Gasteiger partial charge on any atom is -0.367 e. The van der Waals surface area contributed by atoms with Gasteiger partial charge < -0.3 is 4.90 Å². The average molecular weight is 362 g/mol. The summed E-state index contributed by atoms with van der Waals surface area (Å²) in [6.07, 6.45) is 0. The molecule has 3 nitrogen and oxygen atoms in total. The van der Waals surface area contributed by atoms with Crippen molar-refractivity contribution < 1.29 is 18.0 Å². The van der Waals surface area contributed by atoms with Crippen LogP contribution in [0.5, 0.6) is 0 Å². The second kappa shape index (κ2) is 7.50. The van der Waals surface area contributed by atoms with E-state index in [1.807, 2.05) is 11.8 Å². The summed E-state index contributed by atoms with van der Waals surface area (Å²) in [6, 6.07) is 7.96. The van der Waals surface area contributed by atoms with E-state index in [-0.39, 0.29) is 11.8 Å². The molecule has 2 aromatic carbocycles. The second-order valence-electron chi connectivity index (χ2n) is 6.59. The number of anilines is 1. The summed E-state index contributed by atoms with van der Waals surface area (Å²) < 4.78 is 41.4. The highest BCUT2D eigenvalue weighted by Crippen LogP contribution is 2.27. The van der Waals surface area contributed by atoms with Gasteiger partial charge in [-0.1, -0.05) is 6.07 Å². The Labute approximate surface area is 151 Å². The quantitative estimate of drug-likeness (QED) is 0.762. The molecule has 0 N–H and O–H groups in total. The lowest BCUT2D eigenvalue weighted by Gasteiger charge is -2.39. The molecule has 1 saturated heterocycles. The van der Waals surface area contributed by atoms with Crippen molar-refractivity contribution in [3.8, 4) is 0 Å². The molecule has 0 aliphatic carbocycles. The summed E-state index contributed by atoms with van der Waals surface area (Å²) in [5, 5.41) is 0. The van der Waals surface area contributed by atoms with Gasteiger partial charge in [0.25, 0.3) is 0 Å². The van der Waals surface area contributed by atoms with E-state index in [2.05, 4.69) is 4.90 Å².